The van der Waals surface area contributed by atoms with Crippen molar-refractivity contribution < 1.29 is 4.74 Å². The van der Waals surface area contributed by atoms with Crippen LogP contribution in [0.15, 0.2) is 42.9 Å². The van der Waals surface area contributed by atoms with Gasteiger partial charge in [-0.3, -0.25) is 9.58 Å². The van der Waals surface area contributed by atoms with E-state index in [2.05, 4.69) is 49.8 Å². The van der Waals surface area contributed by atoms with E-state index < -0.39 is 0 Å². The summed E-state index contributed by atoms with van der Waals surface area (Å²) < 4.78 is 7.84. The van der Waals surface area contributed by atoms with E-state index in [1.165, 1.54) is 15.4 Å². The van der Waals surface area contributed by atoms with Crippen molar-refractivity contribution in [1.29, 1.82) is 0 Å². The summed E-state index contributed by atoms with van der Waals surface area (Å²) in [6.45, 7) is 5.43. The van der Waals surface area contributed by atoms with Crippen LogP contribution >= 0.6 is 11.3 Å². The van der Waals surface area contributed by atoms with E-state index in [0.29, 0.717) is 12.6 Å². The largest absolute Gasteiger partial charge is 0.461 e. The van der Waals surface area contributed by atoms with E-state index in [-0.39, 0.29) is 6.04 Å². The first-order valence-electron chi connectivity index (χ1n) is 7.98. The number of aryl methyl sites for hydroxylation is 1. The molecule has 0 amide bonds. The number of rotatable bonds is 5. The van der Waals surface area contributed by atoms with E-state index in [1.54, 1.807) is 18.5 Å². The van der Waals surface area contributed by atoms with E-state index in [0.717, 1.165) is 19.6 Å². The molecular formula is C17H19N5OS. The first-order valence-corrected chi connectivity index (χ1v) is 8.79. The number of hydrogen-bond acceptors (Lipinski definition) is 6. The van der Waals surface area contributed by atoms with Crippen LogP contribution in [-0.4, -0.2) is 37.8 Å². The maximum atomic E-state index is 5.77. The normalized spacial score (nSPS) is 17.6. The topological polar surface area (TPSA) is 56.1 Å². The summed E-state index contributed by atoms with van der Waals surface area (Å²) in [5.74, 6) is 0. The van der Waals surface area contributed by atoms with E-state index in [4.69, 9.17) is 4.74 Å². The summed E-state index contributed by atoms with van der Waals surface area (Å²) in [6.07, 6.45) is 5.24. The Labute approximate surface area is 144 Å². The molecule has 0 saturated heterocycles. The molecule has 0 spiro atoms. The zero-order chi connectivity index (χ0) is 16.4. The van der Waals surface area contributed by atoms with Crippen LogP contribution in [0.25, 0.3) is 0 Å². The third-order valence-corrected chi connectivity index (χ3v) is 5.06. The van der Waals surface area contributed by atoms with Crippen LogP contribution in [0.5, 0.6) is 6.01 Å². The van der Waals surface area contributed by atoms with Gasteiger partial charge < -0.3 is 4.74 Å². The Morgan fingerprint density at radius 3 is 2.88 bits per heavy atom. The molecular weight excluding hydrogens is 322 g/mol. The number of thiophene rings is 1. The van der Waals surface area contributed by atoms with Crippen molar-refractivity contribution in [3.8, 4) is 6.01 Å². The molecule has 0 aliphatic carbocycles. The van der Waals surface area contributed by atoms with Crippen LogP contribution in [0, 0.1) is 6.92 Å². The van der Waals surface area contributed by atoms with Gasteiger partial charge in [-0.25, -0.2) is 9.97 Å². The zero-order valence-corrected chi connectivity index (χ0v) is 14.3. The first kappa shape index (κ1) is 15.3. The zero-order valence-electron chi connectivity index (χ0n) is 13.5. The fourth-order valence-electron chi connectivity index (χ4n) is 3.03. The Morgan fingerprint density at radius 2 is 2.08 bits per heavy atom. The van der Waals surface area contributed by atoms with Crippen molar-refractivity contribution in [3.63, 3.8) is 0 Å². The molecule has 1 unspecified atom stereocenters. The van der Waals surface area contributed by atoms with Gasteiger partial charge in [-0.2, -0.15) is 5.10 Å². The van der Waals surface area contributed by atoms with Gasteiger partial charge in [0.1, 0.15) is 6.61 Å². The van der Waals surface area contributed by atoms with Gasteiger partial charge in [-0.15, -0.1) is 11.3 Å². The third kappa shape index (κ3) is 3.32. The lowest BCUT2D eigenvalue weighted by Gasteiger charge is -2.33. The van der Waals surface area contributed by atoms with Gasteiger partial charge in [-0.05, 0) is 31.2 Å². The standard InChI is InChI=1S/C17H19N5OS/c1-13-3-4-16(24-13)11-21-9-14-5-8-20-22(14)15(10-21)12-23-17-18-6-2-7-19-17/h2-8,15H,9-12H2,1H3. The van der Waals surface area contributed by atoms with Crippen molar-refractivity contribution >= 4 is 11.3 Å². The Balaban J connectivity index is 1.46. The molecule has 4 rings (SSSR count). The maximum Gasteiger partial charge on any atom is 0.316 e. The summed E-state index contributed by atoms with van der Waals surface area (Å²) in [6, 6.07) is 8.84. The van der Waals surface area contributed by atoms with Gasteiger partial charge in [0.25, 0.3) is 0 Å². The van der Waals surface area contributed by atoms with Gasteiger partial charge in [-0.1, -0.05) is 0 Å². The lowest BCUT2D eigenvalue weighted by Crippen LogP contribution is -2.39. The quantitative estimate of drug-likeness (QED) is 0.714. The SMILES string of the molecule is Cc1ccc(CN2Cc3ccnn3C(COc3ncccn3)C2)s1. The van der Waals surface area contributed by atoms with Crippen LogP contribution in [0.1, 0.15) is 21.5 Å². The predicted octanol–water partition coefficient (Wildman–Crippen LogP) is 2.68. The lowest BCUT2D eigenvalue weighted by molar-refractivity contribution is 0.123. The molecule has 3 aromatic rings. The van der Waals surface area contributed by atoms with Crippen molar-refractivity contribution in [2.45, 2.75) is 26.1 Å². The predicted molar refractivity (Wildman–Crippen MR) is 92.0 cm³/mol. The Bertz CT molecular complexity index is 800. The van der Waals surface area contributed by atoms with Crippen molar-refractivity contribution in [1.82, 2.24) is 24.6 Å². The molecule has 3 aromatic heterocycles. The minimum absolute atomic E-state index is 0.161. The highest BCUT2D eigenvalue weighted by molar-refractivity contribution is 7.11. The van der Waals surface area contributed by atoms with Crippen molar-refractivity contribution in [2.75, 3.05) is 13.2 Å². The monoisotopic (exact) mass is 341 g/mol. The van der Waals surface area contributed by atoms with Crippen LogP contribution in [-0.2, 0) is 13.1 Å². The summed E-state index contributed by atoms with van der Waals surface area (Å²) in [5.41, 5.74) is 1.22. The number of hydrogen-bond donors (Lipinski definition) is 0. The van der Waals surface area contributed by atoms with Gasteiger partial charge in [0.05, 0.1) is 11.7 Å². The second kappa shape index (κ2) is 6.70. The van der Waals surface area contributed by atoms with Gasteiger partial charge >= 0.3 is 6.01 Å². The fraction of sp³-hybridized carbons (Fsp3) is 0.353. The van der Waals surface area contributed by atoms with Crippen molar-refractivity contribution in [3.05, 3.63) is 58.3 Å². The number of nitrogens with zero attached hydrogens (tertiary/aromatic N) is 5. The molecule has 0 fully saturated rings. The number of aromatic nitrogens is 4. The maximum absolute atomic E-state index is 5.77. The molecule has 1 aliphatic heterocycles. The first-order chi connectivity index (χ1) is 11.8. The smallest absolute Gasteiger partial charge is 0.316 e. The summed E-state index contributed by atoms with van der Waals surface area (Å²) in [7, 11) is 0. The molecule has 124 valence electrons. The van der Waals surface area contributed by atoms with E-state index in [1.807, 2.05) is 17.5 Å². The van der Waals surface area contributed by atoms with Crippen LogP contribution < -0.4 is 4.74 Å². The summed E-state index contributed by atoms with van der Waals surface area (Å²) >= 11 is 1.86. The molecule has 6 nitrogen and oxygen atoms in total. The van der Waals surface area contributed by atoms with E-state index in [9.17, 15) is 0 Å². The average molecular weight is 341 g/mol. The molecule has 0 aromatic carbocycles. The Morgan fingerprint density at radius 1 is 1.21 bits per heavy atom. The van der Waals surface area contributed by atoms with Crippen LogP contribution in [0.3, 0.4) is 0 Å². The van der Waals surface area contributed by atoms with E-state index >= 15 is 0 Å². The van der Waals surface area contributed by atoms with Gasteiger partial charge in [0.2, 0.25) is 0 Å². The summed E-state index contributed by atoms with van der Waals surface area (Å²) in [5, 5.41) is 4.47. The van der Waals surface area contributed by atoms with Gasteiger partial charge in [0.15, 0.2) is 0 Å². The second-order valence-corrected chi connectivity index (χ2v) is 7.32. The number of fused-ring (bicyclic) bond motifs is 1. The molecule has 7 heteroatoms. The van der Waals surface area contributed by atoms with Crippen molar-refractivity contribution in [2.24, 2.45) is 0 Å². The highest BCUT2D eigenvalue weighted by Crippen LogP contribution is 2.24. The number of ether oxygens (including phenoxy) is 1. The molecule has 4 heterocycles. The van der Waals surface area contributed by atoms with Gasteiger partial charge in [0, 0.05) is 48.0 Å². The highest BCUT2D eigenvalue weighted by Gasteiger charge is 2.26. The minimum Gasteiger partial charge on any atom is -0.461 e. The molecule has 24 heavy (non-hydrogen) atoms. The molecule has 1 atom stereocenters. The highest BCUT2D eigenvalue weighted by atomic mass is 32.1. The van der Waals surface area contributed by atoms with Crippen LogP contribution in [0.2, 0.25) is 0 Å². The molecule has 0 N–H and O–H groups in total. The second-order valence-electron chi connectivity index (χ2n) is 5.95. The Hall–Kier alpha value is -2.25. The molecule has 0 radical (unpaired) electrons. The van der Waals surface area contributed by atoms with Crippen LogP contribution in [0.4, 0.5) is 0 Å². The lowest BCUT2D eigenvalue weighted by atomic mass is 10.2. The molecule has 0 bridgehead atoms. The molecule has 1 aliphatic rings. The third-order valence-electron chi connectivity index (χ3n) is 4.08. The molecule has 0 saturated carbocycles. The summed E-state index contributed by atoms with van der Waals surface area (Å²) in [4.78, 5) is 13.4. The fourth-order valence-corrected chi connectivity index (χ4v) is 3.96. The Kier molecular flexibility index (Phi) is 4.27. The minimum atomic E-state index is 0.161. The average Bonchev–Trinajstić information content (AvgIpc) is 3.22.